The highest BCUT2D eigenvalue weighted by Gasteiger charge is 2.25. The second-order valence-corrected chi connectivity index (χ2v) is 15.9. The van der Waals surface area contributed by atoms with Gasteiger partial charge in [0.05, 0.1) is 28.0 Å². The highest BCUT2D eigenvalue weighted by atomic mass is 16.3. The predicted octanol–water partition coefficient (Wildman–Crippen LogP) is 14.2. The molecule has 0 saturated carbocycles. The lowest BCUT2D eigenvalue weighted by Gasteiger charge is -2.23. The number of benzene rings is 6. The number of hydrogen-bond acceptors (Lipinski definition) is 3. The van der Waals surface area contributed by atoms with Gasteiger partial charge in [0, 0.05) is 36.6 Å². The summed E-state index contributed by atoms with van der Waals surface area (Å²) >= 11 is 0. The van der Waals surface area contributed by atoms with E-state index in [2.05, 4.69) is 45.0 Å². The van der Waals surface area contributed by atoms with Gasteiger partial charge in [-0.15, -0.1) is 0 Å². The van der Waals surface area contributed by atoms with Crippen molar-refractivity contribution in [2.75, 3.05) is 0 Å². The van der Waals surface area contributed by atoms with Crippen molar-refractivity contribution in [3.8, 4) is 67.5 Å². The van der Waals surface area contributed by atoms with E-state index in [9.17, 15) is 5.11 Å². The van der Waals surface area contributed by atoms with Gasteiger partial charge in [-0.2, -0.15) is 0 Å². The molecule has 0 radical (unpaired) electrons. The number of phenolic OH excluding ortho intramolecular Hbond substituents is 1. The molecule has 284 valence electrons. The smallest absolute Gasteiger partial charge is 0.149 e. The topological polar surface area (TPSA) is 50.9 Å². The molecule has 0 aliphatic heterocycles. The van der Waals surface area contributed by atoms with Crippen LogP contribution in [0.2, 0.25) is 0 Å². The van der Waals surface area contributed by atoms with Crippen LogP contribution in [0.15, 0.2) is 152 Å². The first-order chi connectivity index (χ1) is 31.3. The van der Waals surface area contributed by atoms with Crippen LogP contribution in [0, 0.1) is 0 Å². The minimum Gasteiger partial charge on any atom is -0.507 e. The molecule has 6 aromatic carbocycles. The molecule has 0 atom stereocenters. The number of phenols is 1. The molecule has 0 saturated heterocycles. The fourth-order valence-electron chi connectivity index (χ4n) is 7.36. The molecule has 0 unspecified atom stereocenters. The van der Waals surface area contributed by atoms with Crippen LogP contribution in [0.5, 0.6) is 5.75 Å². The lowest BCUT2D eigenvalue weighted by molar-refractivity contribution is 0.477. The Kier molecular flexibility index (Phi) is 7.04. The lowest BCUT2D eigenvalue weighted by Crippen LogP contribution is -2.12. The molecule has 4 heteroatoms. The van der Waals surface area contributed by atoms with E-state index in [0.29, 0.717) is 39.2 Å². The number of nitrogens with zero attached hydrogens (tertiary/aromatic N) is 3. The van der Waals surface area contributed by atoms with E-state index in [0.717, 1.165) is 44.6 Å². The quantitative estimate of drug-likeness (QED) is 0.176. The number of para-hydroxylation sites is 2. The van der Waals surface area contributed by atoms with Gasteiger partial charge < -0.3 is 5.11 Å². The first-order valence-electron chi connectivity index (χ1n) is 24.0. The minimum absolute atomic E-state index is 0.0503. The van der Waals surface area contributed by atoms with Crippen molar-refractivity contribution in [1.82, 2.24) is 14.5 Å². The van der Waals surface area contributed by atoms with E-state index in [1.165, 1.54) is 12.1 Å². The summed E-state index contributed by atoms with van der Waals surface area (Å²) in [6, 6.07) is 44.1. The van der Waals surface area contributed by atoms with Crippen LogP contribution in [0.25, 0.3) is 72.7 Å². The van der Waals surface area contributed by atoms with Crippen LogP contribution in [0.3, 0.4) is 0 Å². The number of aromatic hydroxyl groups is 1. The Labute approximate surface area is 351 Å². The summed E-state index contributed by atoms with van der Waals surface area (Å²) in [5.41, 5.74) is 6.22. The summed E-state index contributed by atoms with van der Waals surface area (Å²) < 4.78 is 86.8. The molecule has 57 heavy (non-hydrogen) atoms. The number of hydrogen-bond donors (Lipinski definition) is 1. The number of imidazole rings is 1. The Bertz CT molecular complexity index is 3080. The summed E-state index contributed by atoms with van der Waals surface area (Å²) in [5, 5.41) is 11.4. The molecule has 8 aromatic rings. The molecule has 0 spiro atoms. The lowest BCUT2D eigenvalue weighted by atomic mass is 9.83. The predicted molar refractivity (Wildman–Crippen MR) is 239 cm³/mol. The van der Waals surface area contributed by atoms with Crippen molar-refractivity contribution in [3.05, 3.63) is 168 Å². The Morgan fingerprint density at radius 3 is 2.04 bits per heavy atom. The fraction of sp³-hybridized carbons (Fsp3) is 0.208. The zero-order valence-corrected chi connectivity index (χ0v) is 32.7. The zero-order valence-electron chi connectivity index (χ0n) is 42.7. The highest BCUT2D eigenvalue weighted by molar-refractivity contribution is 5.97. The molecule has 0 aliphatic rings. The van der Waals surface area contributed by atoms with Crippen molar-refractivity contribution < 1.29 is 18.8 Å². The SMILES string of the molecule is [2H]C(C)(C)c1ccc(-c2ccnc(-c3cc(-c4cccc5c4nc(-c4ccccc4O)n5-c4ccc(C(C([2H])([2H])[2H])(C([2H])([2H])[2H])C([2H])([2H])[2H])cc4-c4ccccc4)cc(C(C)(C)C)c3)c2)cc1. The summed E-state index contributed by atoms with van der Waals surface area (Å²) in [6.45, 7) is -0.244. The molecule has 2 heterocycles. The van der Waals surface area contributed by atoms with Gasteiger partial charge in [0.25, 0.3) is 0 Å². The van der Waals surface area contributed by atoms with E-state index >= 15 is 0 Å². The maximum absolute atomic E-state index is 11.4. The van der Waals surface area contributed by atoms with E-state index in [1.54, 1.807) is 66.9 Å². The Balaban J connectivity index is 1.40. The normalized spacial score (nSPS) is 15.5. The summed E-state index contributed by atoms with van der Waals surface area (Å²) in [7, 11) is 0. The van der Waals surface area contributed by atoms with Gasteiger partial charge in [0.2, 0.25) is 0 Å². The number of rotatable bonds is 7. The summed E-state index contributed by atoms with van der Waals surface area (Å²) in [4.78, 5) is 10.1. The standard InChI is InChI=1S/C53H51N3O/c1-34(2)35-21-23-36(24-22-35)38-27-28-54-46(32-38)40-29-39(30-42(31-40)53(6,7)8)43-18-14-19-48-50(43)55-51(44-17-12-13-20-49(44)57)56(48)47-26-25-41(52(3,4)5)33-45(47)37-15-10-9-11-16-37/h9-34,57H,1-8H3/i3D3,4D3,5D3,34D. The summed E-state index contributed by atoms with van der Waals surface area (Å²) in [5.74, 6) is -0.440. The van der Waals surface area contributed by atoms with Crippen LogP contribution in [0.1, 0.15) is 91.5 Å². The molecule has 2 aromatic heterocycles. The van der Waals surface area contributed by atoms with Gasteiger partial charge in [-0.1, -0.05) is 146 Å². The first-order valence-corrected chi connectivity index (χ1v) is 19.0. The highest BCUT2D eigenvalue weighted by Crippen LogP contribution is 2.42. The molecule has 0 fully saturated rings. The van der Waals surface area contributed by atoms with Crippen molar-refractivity contribution in [2.24, 2.45) is 0 Å². The van der Waals surface area contributed by atoms with Crippen LogP contribution >= 0.6 is 0 Å². The molecule has 0 aliphatic carbocycles. The van der Waals surface area contributed by atoms with Crippen LogP contribution in [-0.4, -0.2) is 19.6 Å². The Morgan fingerprint density at radius 2 is 1.32 bits per heavy atom. The van der Waals surface area contributed by atoms with Gasteiger partial charge in [-0.25, -0.2) is 4.98 Å². The van der Waals surface area contributed by atoms with Crippen molar-refractivity contribution in [1.29, 1.82) is 0 Å². The van der Waals surface area contributed by atoms with E-state index in [-0.39, 0.29) is 16.7 Å². The fourth-order valence-corrected chi connectivity index (χ4v) is 7.36. The van der Waals surface area contributed by atoms with E-state index < -0.39 is 31.9 Å². The first kappa shape index (κ1) is 27.4. The maximum atomic E-state index is 11.4. The average molecular weight is 756 g/mol. The van der Waals surface area contributed by atoms with E-state index in [4.69, 9.17) is 23.7 Å². The van der Waals surface area contributed by atoms with Gasteiger partial charge >= 0.3 is 0 Å². The molecule has 8 rings (SSSR count). The molecule has 0 bridgehead atoms. The molecular formula is C53H51N3O. The van der Waals surface area contributed by atoms with Gasteiger partial charge in [0.15, 0.2) is 0 Å². The third-order valence-corrected chi connectivity index (χ3v) is 10.5. The van der Waals surface area contributed by atoms with Crippen LogP contribution in [0.4, 0.5) is 0 Å². The third kappa shape index (κ3) is 7.40. The van der Waals surface area contributed by atoms with Gasteiger partial charge in [-0.3, -0.25) is 9.55 Å². The Hall–Kier alpha value is -6.26. The van der Waals surface area contributed by atoms with Crippen molar-refractivity contribution in [3.63, 3.8) is 0 Å². The zero-order chi connectivity index (χ0) is 48.5. The minimum atomic E-state index is -3.47. The van der Waals surface area contributed by atoms with Gasteiger partial charge in [-0.05, 0) is 110 Å². The van der Waals surface area contributed by atoms with Crippen LogP contribution in [-0.2, 0) is 10.8 Å². The number of pyridine rings is 1. The molecular weight excluding hydrogens is 695 g/mol. The van der Waals surface area contributed by atoms with Crippen molar-refractivity contribution >= 4 is 11.0 Å². The number of aromatic nitrogens is 3. The second-order valence-electron chi connectivity index (χ2n) is 15.9. The maximum Gasteiger partial charge on any atom is 0.149 e. The largest absolute Gasteiger partial charge is 0.507 e. The van der Waals surface area contributed by atoms with Gasteiger partial charge in [0.1, 0.15) is 11.6 Å². The Morgan fingerprint density at radius 1 is 0.596 bits per heavy atom. The average Bonchev–Trinajstić information content (AvgIpc) is 3.64. The van der Waals surface area contributed by atoms with Crippen LogP contribution < -0.4 is 0 Å². The monoisotopic (exact) mass is 755 g/mol. The number of fused-ring (bicyclic) bond motifs is 1. The van der Waals surface area contributed by atoms with E-state index in [1.807, 2.05) is 66.9 Å². The molecule has 0 amide bonds. The third-order valence-electron chi connectivity index (χ3n) is 10.5. The van der Waals surface area contributed by atoms with Crippen molar-refractivity contribution in [2.45, 2.75) is 71.9 Å². The summed E-state index contributed by atoms with van der Waals surface area (Å²) in [6.07, 6.45) is 1.80. The molecule has 4 nitrogen and oxygen atoms in total. The second kappa shape index (κ2) is 14.7. The molecule has 1 N–H and O–H groups in total.